The Morgan fingerprint density at radius 1 is 0.786 bits per heavy atom. The van der Waals surface area contributed by atoms with Crippen LogP contribution in [-0.4, -0.2) is 16.6 Å². The van der Waals surface area contributed by atoms with Crippen LogP contribution in [0.5, 0.6) is 11.5 Å². The topological polar surface area (TPSA) is 18.5 Å². The van der Waals surface area contributed by atoms with Gasteiger partial charge < -0.3 is 9.47 Å². The number of ether oxygens (including phenoxy) is 2. The third kappa shape index (κ3) is 13.0. The smallest absolute Gasteiger partial charge is 0.138 e. The van der Waals surface area contributed by atoms with Gasteiger partial charge in [-0.1, -0.05) is 133 Å². The Bertz CT molecular complexity index is 1290. The zero-order valence-corrected chi connectivity index (χ0v) is 29.7. The van der Waals surface area contributed by atoms with Crippen LogP contribution in [0.15, 0.2) is 114 Å². The van der Waals surface area contributed by atoms with Crippen LogP contribution in [0.4, 0.5) is 0 Å². The van der Waals surface area contributed by atoms with Crippen molar-refractivity contribution in [3.63, 3.8) is 0 Å². The fraction of sp³-hybridized carbons (Fsp3) is 0.316. The summed E-state index contributed by atoms with van der Waals surface area (Å²) in [5, 5.41) is 0. The molecule has 0 unspecified atom stereocenters. The van der Waals surface area contributed by atoms with Crippen LogP contribution in [0, 0.1) is 16.9 Å². The van der Waals surface area contributed by atoms with Crippen LogP contribution in [0.3, 0.4) is 0 Å². The molecule has 0 amide bonds. The molecule has 0 heterocycles. The van der Waals surface area contributed by atoms with Crippen LogP contribution >= 0.6 is 0 Å². The Morgan fingerprint density at radius 3 is 1.76 bits per heavy atom. The van der Waals surface area contributed by atoms with Crippen LogP contribution in [0.1, 0.15) is 59.1 Å². The molecule has 2 nitrogen and oxygen atoms in total. The van der Waals surface area contributed by atoms with E-state index in [0.29, 0.717) is 5.41 Å². The van der Waals surface area contributed by atoms with Crippen molar-refractivity contribution in [3.8, 4) is 11.5 Å². The summed E-state index contributed by atoms with van der Waals surface area (Å²) in [5.41, 5.74) is 4.93. The number of methoxy groups -OCH3 is 1. The van der Waals surface area contributed by atoms with Crippen molar-refractivity contribution in [1.29, 1.82) is 0 Å². The molecule has 42 heavy (non-hydrogen) atoms. The molecule has 0 N–H and O–H groups in total. The second kappa shape index (κ2) is 18.6. The predicted molar refractivity (Wildman–Crippen MR) is 181 cm³/mol. The van der Waals surface area contributed by atoms with Gasteiger partial charge in [0.15, 0.2) is 0 Å². The molecule has 0 aromatic heterocycles. The van der Waals surface area contributed by atoms with Crippen molar-refractivity contribution >= 4 is 21.4 Å². The van der Waals surface area contributed by atoms with Gasteiger partial charge in [-0.25, -0.2) is 6.08 Å². The first-order valence-corrected chi connectivity index (χ1v) is 16.7. The zero-order chi connectivity index (χ0) is 30.3. The quantitative estimate of drug-likeness (QED) is 0.119. The molecule has 1 aliphatic rings. The Labute approximate surface area is 273 Å². The van der Waals surface area contributed by atoms with Crippen molar-refractivity contribution in [2.24, 2.45) is 10.8 Å². The first kappa shape index (κ1) is 37.2. The van der Waals surface area contributed by atoms with Gasteiger partial charge in [-0.05, 0) is 35.2 Å². The van der Waals surface area contributed by atoms with Crippen molar-refractivity contribution in [1.82, 2.24) is 0 Å². The van der Waals surface area contributed by atoms with E-state index in [1.807, 2.05) is 60.7 Å². The maximum absolute atomic E-state index is 6.42. The predicted octanol–water partition coefficient (Wildman–Crippen LogP) is 10.5. The zero-order valence-electron chi connectivity index (χ0n) is 27.0. The van der Waals surface area contributed by atoms with Gasteiger partial charge in [-0.2, -0.15) is 11.6 Å². The largest absolute Gasteiger partial charge is 0.497 e. The fourth-order valence-corrected chi connectivity index (χ4v) is 3.95. The second-order valence-corrected chi connectivity index (χ2v) is 13.1. The van der Waals surface area contributed by atoms with Gasteiger partial charge in [0.05, 0.1) is 7.11 Å². The Hall–Kier alpha value is -2.85. The third-order valence-electron chi connectivity index (χ3n) is 6.17. The number of para-hydroxylation sites is 1. The minimum absolute atomic E-state index is 0. The van der Waals surface area contributed by atoms with E-state index in [9.17, 15) is 0 Å². The standard InChI is InChI=1S/C27H28O2.C9H13.C2H7Si.Ti/c1-27(2,3)25(20-17-21-15-18-23(28-4)19-16-21)26(22-11-7-5-8-12-22)29-24-13-9-6-10-14-24;1-9(2,3)8-6-4-5-7-8;1-3-2;/h5-20H,1-4H3;6-7H,4H2,1-3H3;3H,1-2H3;/q;-1;;. The molecule has 0 atom stereocenters. The first-order valence-electron chi connectivity index (χ1n) is 14.4. The van der Waals surface area contributed by atoms with E-state index in [0.717, 1.165) is 49.9 Å². The Morgan fingerprint density at radius 2 is 1.33 bits per heavy atom. The fourth-order valence-electron chi connectivity index (χ4n) is 3.95. The van der Waals surface area contributed by atoms with Gasteiger partial charge in [0, 0.05) is 42.4 Å². The second-order valence-electron chi connectivity index (χ2n) is 11.9. The minimum Gasteiger partial charge on any atom is -0.497 e. The van der Waals surface area contributed by atoms with Crippen molar-refractivity contribution in [2.75, 3.05) is 7.11 Å². The molecule has 0 saturated carbocycles. The molecule has 0 saturated heterocycles. The molecule has 221 valence electrons. The van der Waals surface area contributed by atoms with Gasteiger partial charge in [0.1, 0.15) is 17.3 Å². The van der Waals surface area contributed by atoms with E-state index in [4.69, 9.17) is 9.47 Å². The molecule has 0 aliphatic heterocycles. The van der Waals surface area contributed by atoms with Crippen LogP contribution in [0.2, 0.25) is 13.1 Å². The molecule has 4 rings (SSSR count). The Kier molecular flexibility index (Phi) is 16.5. The normalized spacial score (nSPS) is 13.0. The molecule has 0 fully saturated rings. The number of hydrogen-bond acceptors (Lipinski definition) is 2. The van der Waals surface area contributed by atoms with Gasteiger partial charge in [-0.15, -0.1) is 6.42 Å². The summed E-state index contributed by atoms with van der Waals surface area (Å²) in [6.45, 7) is 17.7. The van der Waals surface area contributed by atoms with Crippen molar-refractivity contribution in [2.45, 2.75) is 61.1 Å². The van der Waals surface area contributed by atoms with Gasteiger partial charge in [0.2, 0.25) is 0 Å². The molecule has 0 spiro atoms. The minimum atomic E-state index is -0.108. The van der Waals surface area contributed by atoms with E-state index < -0.39 is 0 Å². The van der Waals surface area contributed by atoms with Crippen LogP contribution < -0.4 is 9.47 Å². The average Bonchev–Trinajstić information content (AvgIpc) is 3.50. The summed E-state index contributed by atoms with van der Waals surface area (Å²) in [4.78, 5) is 0. The molecule has 1 aliphatic carbocycles. The van der Waals surface area contributed by atoms with Crippen molar-refractivity contribution in [3.05, 3.63) is 132 Å². The molecule has 3 aromatic carbocycles. The molecule has 3 aromatic rings. The summed E-state index contributed by atoms with van der Waals surface area (Å²) < 4.78 is 11.7. The summed E-state index contributed by atoms with van der Waals surface area (Å²) in [6.07, 6.45) is 12.8. The SMILES string of the molecule is CC(C)(C)C1=CC[C-]=C1.COc1ccc(C=CC(=C(Oc2ccccc2)c2ccccc2)C(C)(C)C)cc1.C[SiH]C.[Ti]. The monoisotopic (exact) mass is 612 g/mol. The van der Waals surface area contributed by atoms with Crippen LogP contribution in [0.25, 0.3) is 11.8 Å². The summed E-state index contributed by atoms with van der Waals surface area (Å²) in [5.74, 6) is 2.55. The molecule has 4 heteroatoms. The van der Waals surface area contributed by atoms with E-state index in [-0.39, 0.29) is 27.1 Å². The number of benzene rings is 3. The van der Waals surface area contributed by atoms with Crippen LogP contribution in [-0.2, 0) is 21.7 Å². The molecule has 1 radical (unpaired) electrons. The van der Waals surface area contributed by atoms with E-state index in [1.54, 1.807) is 7.11 Å². The Balaban J connectivity index is 0.000000569. The molecular formula is C38H48O2SiTi-. The average molecular weight is 613 g/mol. The van der Waals surface area contributed by atoms with Gasteiger partial charge in [-0.3, -0.25) is 6.08 Å². The van der Waals surface area contributed by atoms with Gasteiger partial charge >= 0.3 is 0 Å². The van der Waals surface area contributed by atoms with Gasteiger partial charge in [0.25, 0.3) is 0 Å². The maximum Gasteiger partial charge on any atom is 0.138 e. The van der Waals surface area contributed by atoms with Crippen molar-refractivity contribution < 1.29 is 31.2 Å². The maximum atomic E-state index is 6.42. The third-order valence-corrected chi connectivity index (χ3v) is 6.17. The summed E-state index contributed by atoms with van der Waals surface area (Å²) in [7, 11) is 2.43. The van der Waals surface area contributed by atoms with E-state index in [2.05, 4.69) is 109 Å². The summed E-state index contributed by atoms with van der Waals surface area (Å²) >= 11 is 0. The van der Waals surface area contributed by atoms with E-state index >= 15 is 0 Å². The van der Waals surface area contributed by atoms with E-state index in [1.165, 1.54) is 5.57 Å². The number of hydrogen-bond donors (Lipinski definition) is 0. The molecular weight excluding hydrogens is 564 g/mol. The number of rotatable bonds is 6. The number of allylic oxidation sites excluding steroid dienone is 6. The molecule has 0 bridgehead atoms. The summed E-state index contributed by atoms with van der Waals surface area (Å²) in [6, 6.07) is 28.3. The first-order chi connectivity index (χ1) is 19.5.